The maximum absolute atomic E-state index is 5.88. The van der Waals surface area contributed by atoms with E-state index in [1.165, 1.54) is 0 Å². The summed E-state index contributed by atoms with van der Waals surface area (Å²) in [4.78, 5) is 0. The molecule has 4 heteroatoms. The van der Waals surface area contributed by atoms with Gasteiger partial charge in [0.05, 0.1) is 18.5 Å². The van der Waals surface area contributed by atoms with Crippen LogP contribution in [0.1, 0.15) is 5.56 Å². The molecule has 2 aromatic rings. The van der Waals surface area contributed by atoms with Crippen molar-refractivity contribution in [2.24, 2.45) is 0 Å². The second kappa shape index (κ2) is 6.00. The van der Waals surface area contributed by atoms with E-state index in [2.05, 4.69) is 5.32 Å². The van der Waals surface area contributed by atoms with E-state index in [0.717, 1.165) is 22.7 Å². The summed E-state index contributed by atoms with van der Waals surface area (Å²) in [5.74, 6) is 1.60. The monoisotopic (exact) mass is 258 g/mol. The quantitative estimate of drug-likeness (QED) is 0.810. The zero-order valence-corrected chi connectivity index (χ0v) is 11.1. The molecule has 0 aliphatic carbocycles. The summed E-state index contributed by atoms with van der Waals surface area (Å²) in [6.45, 7) is 0.502. The zero-order valence-electron chi connectivity index (χ0n) is 11.1. The summed E-state index contributed by atoms with van der Waals surface area (Å²) in [7, 11) is 3.49. The normalized spacial score (nSPS) is 10.0. The van der Waals surface area contributed by atoms with Crippen LogP contribution >= 0.6 is 0 Å². The van der Waals surface area contributed by atoms with Crippen molar-refractivity contribution in [2.75, 3.05) is 25.2 Å². The first-order valence-electron chi connectivity index (χ1n) is 6.06. The molecule has 2 aromatic carbocycles. The first kappa shape index (κ1) is 13.1. The number of anilines is 2. The van der Waals surface area contributed by atoms with E-state index in [-0.39, 0.29) is 0 Å². The fourth-order valence-corrected chi connectivity index (χ4v) is 1.75. The number of hydrogen-bond donors (Lipinski definition) is 2. The van der Waals surface area contributed by atoms with Crippen LogP contribution in [0.3, 0.4) is 0 Å². The maximum Gasteiger partial charge on any atom is 0.122 e. The highest BCUT2D eigenvalue weighted by Gasteiger charge is 2.01. The molecule has 0 atom stereocenters. The molecule has 0 spiro atoms. The standard InChI is InChI=1S/C15H18N2O2/c1-17-15-8-7-13(9-14(15)16)19-10-11-3-5-12(18-2)6-4-11/h3-9,17H,10,16H2,1-2H3. The van der Waals surface area contributed by atoms with Gasteiger partial charge in [-0.2, -0.15) is 0 Å². The van der Waals surface area contributed by atoms with Crippen LogP contribution in [0, 0.1) is 0 Å². The summed E-state index contributed by atoms with van der Waals surface area (Å²) < 4.78 is 10.8. The lowest BCUT2D eigenvalue weighted by molar-refractivity contribution is 0.306. The molecule has 0 amide bonds. The highest BCUT2D eigenvalue weighted by Crippen LogP contribution is 2.24. The summed E-state index contributed by atoms with van der Waals surface area (Å²) in [5, 5.41) is 3.01. The topological polar surface area (TPSA) is 56.5 Å². The van der Waals surface area contributed by atoms with Crippen molar-refractivity contribution in [1.29, 1.82) is 0 Å². The van der Waals surface area contributed by atoms with Crippen LogP contribution in [-0.4, -0.2) is 14.2 Å². The van der Waals surface area contributed by atoms with Gasteiger partial charge in [0.1, 0.15) is 18.1 Å². The average Bonchev–Trinajstić information content (AvgIpc) is 2.46. The molecular weight excluding hydrogens is 240 g/mol. The maximum atomic E-state index is 5.88. The summed E-state index contributed by atoms with van der Waals surface area (Å²) in [5.41, 5.74) is 8.54. The van der Waals surface area contributed by atoms with Gasteiger partial charge >= 0.3 is 0 Å². The zero-order chi connectivity index (χ0) is 13.7. The molecule has 0 aliphatic heterocycles. The Morgan fingerprint density at radius 2 is 1.74 bits per heavy atom. The van der Waals surface area contributed by atoms with E-state index in [0.29, 0.717) is 12.3 Å². The smallest absolute Gasteiger partial charge is 0.122 e. The number of nitrogens with two attached hydrogens (primary N) is 1. The summed E-state index contributed by atoms with van der Waals surface area (Å²) in [6.07, 6.45) is 0. The second-order valence-corrected chi connectivity index (χ2v) is 4.14. The van der Waals surface area contributed by atoms with Crippen molar-refractivity contribution in [3.05, 3.63) is 48.0 Å². The predicted molar refractivity (Wildman–Crippen MR) is 77.7 cm³/mol. The molecule has 0 bridgehead atoms. The van der Waals surface area contributed by atoms with Gasteiger partial charge in [0.15, 0.2) is 0 Å². The molecule has 3 N–H and O–H groups in total. The van der Waals surface area contributed by atoms with E-state index in [1.807, 2.05) is 49.5 Å². The number of hydrogen-bond acceptors (Lipinski definition) is 4. The number of nitrogens with one attached hydrogen (secondary N) is 1. The predicted octanol–water partition coefficient (Wildman–Crippen LogP) is 2.90. The van der Waals surface area contributed by atoms with Gasteiger partial charge in [-0.15, -0.1) is 0 Å². The molecule has 0 unspecified atom stereocenters. The van der Waals surface area contributed by atoms with E-state index in [4.69, 9.17) is 15.2 Å². The Morgan fingerprint density at radius 1 is 1.05 bits per heavy atom. The molecular formula is C15H18N2O2. The average molecular weight is 258 g/mol. The summed E-state index contributed by atoms with van der Waals surface area (Å²) >= 11 is 0. The molecule has 0 radical (unpaired) electrons. The first-order chi connectivity index (χ1) is 9.22. The van der Waals surface area contributed by atoms with E-state index >= 15 is 0 Å². The molecule has 0 fully saturated rings. The third kappa shape index (κ3) is 3.31. The number of benzene rings is 2. The van der Waals surface area contributed by atoms with Gasteiger partial charge in [-0.05, 0) is 29.8 Å². The Hall–Kier alpha value is -2.36. The molecule has 0 heterocycles. The minimum absolute atomic E-state index is 0.502. The Kier molecular flexibility index (Phi) is 4.13. The minimum atomic E-state index is 0.502. The first-order valence-corrected chi connectivity index (χ1v) is 6.06. The SMILES string of the molecule is CNc1ccc(OCc2ccc(OC)cc2)cc1N. The Bertz CT molecular complexity index is 538. The van der Waals surface area contributed by atoms with Crippen LogP contribution in [0.15, 0.2) is 42.5 Å². The van der Waals surface area contributed by atoms with Gasteiger partial charge in [-0.1, -0.05) is 12.1 Å². The van der Waals surface area contributed by atoms with Crippen molar-refractivity contribution in [1.82, 2.24) is 0 Å². The van der Waals surface area contributed by atoms with Crippen LogP contribution in [0.25, 0.3) is 0 Å². The van der Waals surface area contributed by atoms with Crippen LogP contribution < -0.4 is 20.5 Å². The molecule has 0 saturated carbocycles. The fraction of sp³-hybridized carbons (Fsp3) is 0.200. The van der Waals surface area contributed by atoms with E-state index in [1.54, 1.807) is 7.11 Å². The van der Waals surface area contributed by atoms with Crippen LogP contribution in [-0.2, 0) is 6.61 Å². The van der Waals surface area contributed by atoms with Crippen molar-refractivity contribution < 1.29 is 9.47 Å². The van der Waals surface area contributed by atoms with E-state index in [9.17, 15) is 0 Å². The van der Waals surface area contributed by atoms with Crippen LogP contribution in [0.5, 0.6) is 11.5 Å². The molecule has 0 aromatic heterocycles. The third-order valence-corrected chi connectivity index (χ3v) is 2.86. The van der Waals surface area contributed by atoms with Gasteiger partial charge in [0.2, 0.25) is 0 Å². The molecule has 100 valence electrons. The number of rotatable bonds is 5. The second-order valence-electron chi connectivity index (χ2n) is 4.14. The van der Waals surface area contributed by atoms with Gasteiger partial charge in [-0.25, -0.2) is 0 Å². The van der Waals surface area contributed by atoms with Gasteiger partial charge in [-0.3, -0.25) is 0 Å². The van der Waals surface area contributed by atoms with Gasteiger partial charge in [0, 0.05) is 13.1 Å². The van der Waals surface area contributed by atoms with Crippen molar-refractivity contribution in [3.63, 3.8) is 0 Å². The number of nitrogen functional groups attached to an aromatic ring is 1. The van der Waals surface area contributed by atoms with Crippen LogP contribution in [0.4, 0.5) is 11.4 Å². The lowest BCUT2D eigenvalue weighted by atomic mass is 10.2. The largest absolute Gasteiger partial charge is 0.497 e. The lowest BCUT2D eigenvalue weighted by Gasteiger charge is -2.10. The summed E-state index contributed by atoms with van der Waals surface area (Å²) in [6, 6.07) is 13.4. The third-order valence-electron chi connectivity index (χ3n) is 2.86. The molecule has 2 rings (SSSR count). The Morgan fingerprint density at radius 3 is 2.32 bits per heavy atom. The molecule has 4 nitrogen and oxygen atoms in total. The van der Waals surface area contributed by atoms with Crippen molar-refractivity contribution in [3.8, 4) is 11.5 Å². The van der Waals surface area contributed by atoms with Gasteiger partial charge < -0.3 is 20.5 Å². The molecule has 0 saturated heterocycles. The molecule has 0 aliphatic rings. The van der Waals surface area contributed by atoms with Crippen molar-refractivity contribution in [2.45, 2.75) is 6.61 Å². The highest BCUT2D eigenvalue weighted by molar-refractivity contribution is 5.67. The number of methoxy groups -OCH3 is 1. The fourth-order valence-electron chi connectivity index (χ4n) is 1.75. The van der Waals surface area contributed by atoms with Gasteiger partial charge in [0.25, 0.3) is 0 Å². The lowest BCUT2D eigenvalue weighted by Crippen LogP contribution is -1.99. The van der Waals surface area contributed by atoms with Crippen molar-refractivity contribution >= 4 is 11.4 Å². The minimum Gasteiger partial charge on any atom is -0.497 e. The molecule has 19 heavy (non-hydrogen) atoms. The Labute approximate surface area is 113 Å². The highest BCUT2D eigenvalue weighted by atomic mass is 16.5. The number of ether oxygens (including phenoxy) is 2. The van der Waals surface area contributed by atoms with E-state index < -0.39 is 0 Å². The van der Waals surface area contributed by atoms with Crippen LogP contribution in [0.2, 0.25) is 0 Å². The Balaban J connectivity index is 1.99.